The first-order valence-electron chi connectivity index (χ1n) is 7.05. The van der Waals surface area contributed by atoms with Gasteiger partial charge in [-0.25, -0.2) is 0 Å². The summed E-state index contributed by atoms with van der Waals surface area (Å²) >= 11 is 0. The van der Waals surface area contributed by atoms with Gasteiger partial charge in [0.1, 0.15) is 36.6 Å². The van der Waals surface area contributed by atoms with Crippen molar-refractivity contribution >= 4 is 0 Å². The van der Waals surface area contributed by atoms with Gasteiger partial charge in [0.25, 0.3) is 0 Å². The average molecular weight is 360 g/mol. The summed E-state index contributed by atoms with van der Waals surface area (Å²) in [6.07, 6.45) is -8.90. The number of aliphatic hydroxyl groups is 10. The molecule has 0 amide bonds. The Bertz CT molecular complexity index is 360. The van der Waals surface area contributed by atoms with Crippen LogP contribution in [0.1, 0.15) is 0 Å². The van der Waals surface area contributed by atoms with Gasteiger partial charge in [0.2, 0.25) is 11.6 Å². The number of hydrogen-bond acceptors (Lipinski definition) is 12. The van der Waals surface area contributed by atoms with Crippen molar-refractivity contribution in [3.8, 4) is 0 Å². The fourth-order valence-electron chi connectivity index (χ4n) is 2.06. The van der Waals surface area contributed by atoms with Gasteiger partial charge < -0.3 is 60.5 Å². The molecule has 2 rings (SSSR count). The summed E-state index contributed by atoms with van der Waals surface area (Å²) < 4.78 is 9.11. The van der Waals surface area contributed by atoms with Gasteiger partial charge in [-0.1, -0.05) is 0 Å². The van der Waals surface area contributed by atoms with Crippen molar-refractivity contribution < 1.29 is 60.5 Å². The van der Waals surface area contributed by atoms with E-state index in [1.54, 1.807) is 0 Å². The minimum absolute atomic E-state index is 0.324. The van der Waals surface area contributed by atoms with Crippen LogP contribution in [-0.2, 0) is 9.47 Å². The molecular weight excluding hydrogens is 336 g/mol. The van der Waals surface area contributed by atoms with Gasteiger partial charge in [0.05, 0.1) is 26.4 Å². The summed E-state index contributed by atoms with van der Waals surface area (Å²) in [4.78, 5) is 0. The van der Waals surface area contributed by atoms with Crippen molar-refractivity contribution in [2.24, 2.45) is 0 Å². The predicted octanol–water partition coefficient (Wildman–Crippen LogP) is -6.44. The molecule has 0 aromatic rings. The van der Waals surface area contributed by atoms with E-state index in [9.17, 15) is 10.2 Å². The van der Waals surface area contributed by atoms with Crippen molar-refractivity contribution in [2.75, 3.05) is 26.4 Å². The molecule has 10 N–H and O–H groups in total. The third kappa shape index (κ3) is 4.37. The molecule has 2 aliphatic heterocycles. The van der Waals surface area contributed by atoms with Crippen molar-refractivity contribution in [1.82, 2.24) is 0 Å². The molecular formula is C12H24O12. The molecule has 0 aromatic heterocycles. The Morgan fingerprint density at radius 3 is 1.21 bits per heavy atom. The fraction of sp³-hybridized carbons (Fsp3) is 1.00. The third-order valence-electron chi connectivity index (χ3n) is 3.82. The summed E-state index contributed by atoms with van der Waals surface area (Å²) in [6.45, 7) is -2.32. The largest absolute Gasteiger partial charge is 0.391 e. The second kappa shape index (κ2) is 8.27. The van der Waals surface area contributed by atoms with Crippen LogP contribution < -0.4 is 0 Å². The second-order valence-corrected chi connectivity index (χ2v) is 5.63. The maximum absolute atomic E-state index is 9.24. The lowest BCUT2D eigenvalue weighted by Crippen LogP contribution is -2.62. The Kier molecular flexibility index (Phi) is 7.43. The molecule has 0 saturated carbocycles. The van der Waals surface area contributed by atoms with Crippen LogP contribution in [0.5, 0.6) is 0 Å². The smallest absolute Gasteiger partial charge is 0.218 e. The van der Waals surface area contributed by atoms with Gasteiger partial charge in [0.15, 0.2) is 0 Å². The second-order valence-electron chi connectivity index (χ2n) is 5.63. The summed E-state index contributed by atoms with van der Waals surface area (Å²) in [5, 5.41) is 89.9. The number of aliphatic hydroxyl groups excluding tert-OH is 8. The Labute approximate surface area is 136 Å². The van der Waals surface area contributed by atoms with Gasteiger partial charge in [0, 0.05) is 0 Å². The number of ether oxygens (including phenoxy) is 2. The Morgan fingerprint density at radius 1 is 0.667 bits per heavy atom. The van der Waals surface area contributed by atoms with E-state index in [1.165, 1.54) is 0 Å². The molecule has 0 spiro atoms. The Hall–Kier alpha value is -0.480. The van der Waals surface area contributed by atoms with Crippen LogP contribution in [0.3, 0.4) is 0 Å². The maximum Gasteiger partial charge on any atom is 0.218 e. The molecule has 2 fully saturated rings. The lowest BCUT2D eigenvalue weighted by Gasteiger charge is -2.40. The highest BCUT2D eigenvalue weighted by molar-refractivity contribution is 4.91. The zero-order valence-electron chi connectivity index (χ0n) is 12.6. The third-order valence-corrected chi connectivity index (χ3v) is 3.82. The molecule has 0 bridgehead atoms. The molecule has 12 nitrogen and oxygen atoms in total. The van der Waals surface area contributed by atoms with Gasteiger partial charge in [-0.2, -0.15) is 0 Å². The van der Waals surface area contributed by atoms with Crippen molar-refractivity contribution in [2.45, 2.75) is 48.2 Å². The SMILES string of the molecule is OCC1(O)OC[C@H](O)[C@H](O)[C@H]1O.OC[C@@]1(O)OC[C@@H](O)[C@H](O)C1O. The first-order valence-corrected chi connectivity index (χ1v) is 7.05. The summed E-state index contributed by atoms with van der Waals surface area (Å²) in [7, 11) is 0. The molecule has 0 aromatic carbocycles. The van der Waals surface area contributed by atoms with E-state index in [0.717, 1.165) is 0 Å². The summed E-state index contributed by atoms with van der Waals surface area (Å²) in [6, 6.07) is 0. The zero-order chi connectivity index (χ0) is 18.7. The minimum Gasteiger partial charge on any atom is -0.391 e. The molecule has 8 atom stereocenters. The first-order chi connectivity index (χ1) is 11.0. The Morgan fingerprint density at radius 2 is 0.958 bits per heavy atom. The van der Waals surface area contributed by atoms with Gasteiger partial charge in [-0.05, 0) is 0 Å². The van der Waals surface area contributed by atoms with Crippen LogP contribution in [-0.4, -0.2) is 126 Å². The Balaban J connectivity index is 0.000000240. The molecule has 24 heavy (non-hydrogen) atoms. The normalized spacial score (nSPS) is 49.2. The van der Waals surface area contributed by atoms with E-state index in [1.807, 2.05) is 0 Å². The van der Waals surface area contributed by atoms with Crippen LogP contribution in [0, 0.1) is 0 Å². The van der Waals surface area contributed by atoms with E-state index in [2.05, 4.69) is 9.47 Å². The number of rotatable bonds is 2. The van der Waals surface area contributed by atoms with Crippen LogP contribution in [0.2, 0.25) is 0 Å². The summed E-state index contributed by atoms with van der Waals surface area (Å²) in [5.41, 5.74) is 0. The highest BCUT2D eigenvalue weighted by Gasteiger charge is 2.48. The number of hydrogen-bond donors (Lipinski definition) is 10. The van der Waals surface area contributed by atoms with E-state index in [4.69, 9.17) is 40.9 Å². The molecule has 0 aliphatic carbocycles. The fourth-order valence-corrected chi connectivity index (χ4v) is 2.06. The quantitative estimate of drug-likeness (QED) is 0.222. The first kappa shape index (κ1) is 21.6. The highest BCUT2D eigenvalue weighted by atomic mass is 16.7. The standard InChI is InChI=1S/2C6H12O6/c2*7-2-6(11)5(10)4(9)3(8)1-12-6/h2*3-5,7-11H,1-2H2/t3-,4+,5?,6-;3-,4-,5+,6?/m10/s1. The van der Waals surface area contributed by atoms with E-state index in [-0.39, 0.29) is 13.2 Å². The van der Waals surface area contributed by atoms with E-state index in [0.29, 0.717) is 0 Å². The highest BCUT2D eigenvalue weighted by Crippen LogP contribution is 2.23. The van der Waals surface area contributed by atoms with Crippen molar-refractivity contribution in [3.05, 3.63) is 0 Å². The van der Waals surface area contributed by atoms with Gasteiger partial charge in [-0.3, -0.25) is 0 Å². The van der Waals surface area contributed by atoms with Crippen LogP contribution in [0.4, 0.5) is 0 Å². The molecule has 12 heteroatoms. The molecule has 0 radical (unpaired) electrons. The molecule has 2 heterocycles. The molecule has 2 unspecified atom stereocenters. The van der Waals surface area contributed by atoms with Crippen LogP contribution in [0.15, 0.2) is 0 Å². The monoisotopic (exact) mass is 360 g/mol. The molecule has 2 aliphatic rings. The van der Waals surface area contributed by atoms with Gasteiger partial charge in [-0.15, -0.1) is 0 Å². The van der Waals surface area contributed by atoms with E-state index < -0.39 is 61.4 Å². The topological polar surface area (TPSA) is 221 Å². The van der Waals surface area contributed by atoms with Crippen LogP contribution >= 0.6 is 0 Å². The van der Waals surface area contributed by atoms with Gasteiger partial charge >= 0.3 is 0 Å². The predicted molar refractivity (Wildman–Crippen MR) is 72.0 cm³/mol. The summed E-state index contributed by atoms with van der Waals surface area (Å²) in [5.74, 6) is -4.34. The average Bonchev–Trinajstić information content (AvgIpc) is 2.59. The lowest BCUT2D eigenvalue weighted by atomic mass is 9.98. The van der Waals surface area contributed by atoms with Crippen molar-refractivity contribution in [1.29, 1.82) is 0 Å². The maximum atomic E-state index is 9.24. The van der Waals surface area contributed by atoms with Crippen molar-refractivity contribution in [3.63, 3.8) is 0 Å². The van der Waals surface area contributed by atoms with Crippen LogP contribution in [0.25, 0.3) is 0 Å². The molecule has 144 valence electrons. The molecule has 2 saturated heterocycles. The lowest BCUT2D eigenvalue weighted by molar-refractivity contribution is -0.331. The minimum atomic E-state index is -2.17. The zero-order valence-corrected chi connectivity index (χ0v) is 12.6. The van der Waals surface area contributed by atoms with E-state index >= 15 is 0 Å².